The predicted molar refractivity (Wildman–Crippen MR) is 129 cm³/mol. The van der Waals surface area contributed by atoms with Crippen molar-refractivity contribution in [3.8, 4) is 0 Å². The molecule has 0 spiro atoms. The maximum atomic E-state index is 12.9. The molecule has 0 radical (unpaired) electrons. The van der Waals surface area contributed by atoms with Gasteiger partial charge < -0.3 is 15.3 Å². The van der Waals surface area contributed by atoms with Crippen molar-refractivity contribution in [1.82, 2.24) is 19.1 Å². The SMILES string of the molecule is CN=CC1CCCCC1n1nc(Nc2ccc3c(c2)CN(CC(F)(F)F)S3(=O)=O)c2c(=O)[nH]ccc21. The molecule has 1 aromatic carbocycles. The number of anilines is 2. The van der Waals surface area contributed by atoms with E-state index in [-0.39, 0.29) is 40.3 Å². The summed E-state index contributed by atoms with van der Waals surface area (Å²) in [6.07, 6.45) is 2.79. The van der Waals surface area contributed by atoms with Crippen LogP contribution in [-0.2, 0) is 16.6 Å². The number of benzene rings is 1. The van der Waals surface area contributed by atoms with Crippen LogP contribution in [0.2, 0.25) is 0 Å². The highest BCUT2D eigenvalue weighted by molar-refractivity contribution is 7.89. The molecule has 3 heterocycles. The monoisotopic (exact) mass is 522 g/mol. The van der Waals surface area contributed by atoms with E-state index in [0.717, 1.165) is 25.7 Å². The van der Waals surface area contributed by atoms with E-state index >= 15 is 0 Å². The number of rotatable bonds is 5. The third-order valence-electron chi connectivity index (χ3n) is 6.71. The number of aromatic amines is 1. The molecule has 3 aromatic rings. The first kappa shape index (κ1) is 24.5. The minimum Gasteiger partial charge on any atom is -0.338 e. The fourth-order valence-electron chi connectivity index (χ4n) is 5.17. The van der Waals surface area contributed by atoms with Gasteiger partial charge in [-0.25, -0.2) is 8.42 Å². The Balaban J connectivity index is 1.51. The molecule has 5 rings (SSSR count). The zero-order valence-electron chi connectivity index (χ0n) is 19.4. The number of alkyl halides is 3. The molecule has 0 saturated heterocycles. The third-order valence-corrected chi connectivity index (χ3v) is 8.60. The van der Waals surface area contributed by atoms with Gasteiger partial charge in [0.25, 0.3) is 5.56 Å². The molecule has 9 nitrogen and oxygen atoms in total. The normalized spacial score (nSPS) is 22.3. The Morgan fingerprint density at radius 3 is 2.78 bits per heavy atom. The zero-order chi connectivity index (χ0) is 25.7. The van der Waals surface area contributed by atoms with Gasteiger partial charge >= 0.3 is 6.18 Å². The van der Waals surface area contributed by atoms with Gasteiger partial charge in [0, 0.05) is 37.6 Å². The van der Waals surface area contributed by atoms with Crippen molar-refractivity contribution in [3.63, 3.8) is 0 Å². The van der Waals surface area contributed by atoms with Crippen LogP contribution in [0.5, 0.6) is 0 Å². The molecule has 192 valence electrons. The largest absolute Gasteiger partial charge is 0.402 e. The van der Waals surface area contributed by atoms with Crippen LogP contribution in [0, 0.1) is 5.92 Å². The summed E-state index contributed by atoms with van der Waals surface area (Å²) in [5.74, 6) is 0.460. The Labute approximate surface area is 205 Å². The Morgan fingerprint density at radius 2 is 2.03 bits per heavy atom. The first-order chi connectivity index (χ1) is 17.1. The average molecular weight is 523 g/mol. The lowest BCUT2D eigenvalue weighted by molar-refractivity contribution is -0.136. The van der Waals surface area contributed by atoms with E-state index in [1.54, 1.807) is 19.3 Å². The molecule has 13 heteroatoms. The van der Waals surface area contributed by atoms with Crippen LogP contribution in [0.3, 0.4) is 0 Å². The molecule has 2 aromatic heterocycles. The van der Waals surface area contributed by atoms with Crippen molar-refractivity contribution in [3.05, 3.63) is 46.4 Å². The topological polar surface area (TPSA) is 112 Å². The number of aromatic nitrogens is 3. The van der Waals surface area contributed by atoms with Gasteiger partial charge in [-0.05, 0) is 42.7 Å². The molecule has 2 atom stereocenters. The minimum atomic E-state index is -4.65. The number of hydrogen-bond donors (Lipinski definition) is 2. The Hall–Kier alpha value is -3.19. The summed E-state index contributed by atoms with van der Waals surface area (Å²) in [6, 6.07) is 6.03. The highest BCUT2D eigenvalue weighted by Gasteiger charge is 2.42. The molecular weight excluding hydrogens is 497 g/mol. The van der Waals surface area contributed by atoms with Gasteiger partial charge in [0.15, 0.2) is 5.82 Å². The van der Waals surface area contributed by atoms with E-state index in [1.807, 2.05) is 10.9 Å². The van der Waals surface area contributed by atoms with Crippen LogP contribution < -0.4 is 10.9 Å². The lowest BCUT2D eigenvalue weighted by Gasteiger charge is -2.29. The third kappa shape index (κ3) is 4.41. The summed E-state index contributed by atoms with van der Waals surface area (Å²) >= 11 is 0. The van der Waals surface area contributed by atoms with E-state index in [1.165, 1.54) is 18.2 Å². The van der Waals surface area contributed by atoms with Crippen molar-refractivity contribution in [2.75, 3.05) is 18.9 Å². The second-order valence-electron chi connectivity index (χ2n) is 9.12. The molecule has 0 bridgehead atoms. The summed E-state index contributed by atoms with van der Waals surface area (Å²) in [7, 11) is -2.50. The number of sulfonamides is 1. The quantitative estimate of drug-likeness (QED) is 0.493. The number of pyridine rings is 1. The second kappa shape index (κ2) is 9.04. The van der Waals surface area contributed by atoms with Gasteiger partial charge in [-0.1, -0.05) is 12.8 Å². The molecule has 1 aliphatic heterocycles. The summed E-state index contributed by atoms with van der Waals surface area (Å²) in [5, 5.41) is 8.18. The Kier molecular flexibility index (Phi) is 6.15. The van der Waals surface area contributed by atoms with E-state index in [0.29, 0.717) is 20.9 Å². The maximum absolute atomic E-state index is 12.9. The number of fused-ring (bicyclic) bond motifs is 2. The fourth-order valence-corrected chi connectivity index (χ4v) is 6.77. The molecule has 0 amide bonds. The van der Waals surface area contributed by atoms with E-state index in [4.69, 9.17) is 5.10 Å². The van der Waals surface area contributed by atoms with E-state index < -0.39 is 22.7 Å². The van der Waals surface area contributed by atoms with Gasteiger partial charge in [-0.2, -0.15) is 22.6 Å². The summed E-state index contributed by atoms with van der Waals surface area (Å²) in [4.78, 5) is 19.5. The summed E-state index contributed by atoms with van der Waals surface area (Å²) < 4.78 is 66.0. The van der Waals surface area contributed by atoms with Crippen LogP contribution in [-0.4, -0.2) is 53.5 Å². The van der Waals surface area contributed by atoms with Gasteiger partial charge in [-0.3, -0.25) is 9.48 Å². The number of nitrogens with zero attached hydrogens (tertiary/aromatic N) is 4. The predicted octanol–water partition coefficient (Wildman–Crippen LogP) is 3.97. The summed E-state index contributed by atoms with van der Waals surface area (Å²) in [6.45, 7) is -1.94. The highest BCUT2D eigenvalue weighted by atomic mass is 32.2. The smallest absolute Gasteiger partial charge is 0.338 e. The van der Waals surface area contributed by atoms with E-state index in [2.05, 4.69) is 15.3 Å². The van der Waals surface area contributed by atoms with Gasteiger partial charge in [0.1, 0.15) is 11.9 Å². The van der Waals surface area contributed by atoms with Crippen LogP contribution >= 0.6 is 0 Å². The molecule has 1 fully saturated rings. The van der Waals surface area contributed by atoms with Crippen LogP contribution in [0.25, 0.3) is 10.9 Å². The first-order valence-corrected chi connectivity index (χ1v) is 13.0. The van der Waals surface area contributed by atoms with Gasteiger partial charge in [-0.15, -0.1) is 0 Å². The molecule has 1 saturated carbocycles. The van der Waals surface area contributed by atoms with Crippen molar-refractivity contribution in [2.45, 2.75) is 49.3 Å². The lowest BCUT2D eigenvalue weighted by Crippen LogP contribution is -2.34. The van der Waals surface area contributed by atoms with Crippen LogP contribution in [0.1, 0.15) is 37.3 Å². The molecule has 1 aliphatic carbocycles. The number of aliphatic imine (C=N–C) groups is 1. The van der Waals surface area contributed by atoms with Crippen molar-refractivity contribution in [1.29, 1.82) is 0 Å². The van der Waals surface area contributed by atoms with E-state index in [9.17, 15) is 26.4 Å². The van der Waals surface area contributed by atoms with Crippen molar-refractivity contribution in [2.24, 2.45) is 10.9 Å². The Morgan fingerprint density at radius 1 is 1.25 bits per heavy atom. The fraction of sp³-hybridized carbons (Fsp3) is 0.435. The molecule has 2 unspecified atom stereocenters. The van der Waals surface area contributed by atoms with Crippen molar-refractivity contribution < 1.29 is 21.6 Å². The average Bonchev–Trinajstić information content (AvgIpc) is 3.28. The number of hydrogen-bond acceptors (Lipinski definition) is 6. The zero-order valence-corrected chi connectivity index (χ0v) is 20.2. The Bertz CT molecular complexity index is 1490. The molecular formula is C23H25F3N6O3S. The van der Waals surface area contributed by atoms with Crippen LogP contribution in [0.4, 0.5) is 24.7 Å². The number of halogens is 3. The van der Waals surface area contributed by atoms with Gasteiger partial charge in [0.2, 0.25) is 10.0 Å². The lowest BCUT2D eigenvalue weighted by atomic mass is 9.85. The summed E-state index contributed by atoms with van der Waals surface area (Å²) in [5.41, 5.74) is 0.983. The molecule has 2 aliphatic rings. The second-order valence-corrected chi connectivity index (χ2v) is 11.0. The van der Waals surface area contributed by atoms with Crippen molar-refractivity contribution >= 4 is 38.6 Å². The van der Waals surface area contributed by atoms with Gasteiger partial charge in [0.05, 0.1) is 16.5 Å². The molecule has 36 heavy (non-hydrogen) atoms. The number of nitrogens with one attached hydrogen (secondary N) is 2. The first-order valence-electron chi connectivity index (χ1n) is 11.6. The molecule has 2 N–H and O–H groups in total. The highest BCUT2D eigenvalue weighted by Crippen LogP contribution is 2.38. The minimum absolute atomic E-state index is 0.0170. The van der Waals surface area contributed by atoms with Crippen LogP contribution in [0.15, 0.2) is 45.1 Å². The standard InChI is InChI=1S/C23H25F3N6O3S/c1-27-11-14-4-2-3-5-17(14)32-18-8-9-28-22(33)20(18)21(30-32)29-16-6-7-19-15(10-16)12-31(36(19,34)35)13-23(24,25)26/h6-11,14,17H,2-5,12-13H2,1H3,(H,28,33)(H,29,30). The number of H-pyrrole nitrogens is 1. The maximum Gasteiger partial charge on any atom is 0.402 e.